The van der Waals surface area contributed by atoms with Crippen molar-refractivity contribution in [2.75, 3.05) is 6.61 Å². The predicted octanol–water partition coefficient (Wildman–Crippen LogP) is 5.50. The first-order chi connectivity index (χ1) is 16.1. The van der Waals surface area contributed by atoms with E-state index in [0.717, 1.165) is 50.0 Å². The van der Waals surface area contributed by atoms with Crippen molar-refractivity contribution in [2.45, 2.75) is 122 Å². The molecule has 3 heterocycles. The summed E-state index contributed by atoms with van der Waals surface area (Å²) in [6.45, 7) is 12.3. The van der Waals surface area contributed by atoms with Crippen molar-refractivity contribution in [2.24, 2.45) is 46.3 Å². The van der Waals surface area contributed by atoms with Crippen LogP contribution in [0.2, 0.25) is 0 Å². The zero-order valence-electron chi connectivity index (χ0n) is 21.8. The summed E-state index contributed by atoms with van der Waals surface area (Å²) >= 11 is 0. The predicted molar refractivity (Wildman–Crippen MR) is 127 cm³/mol. The molecular formula is C29H44O5. The Labute approximate surface area is 205 Å². The highest BCUT2D eigenvalue weighted by Crippen LogP contribution is 2.75. The monoisotopic (exact) mass is 472 g/mol. The minimum Gasteiger partial charge on any atom is -0.462 e. The fraction of sp³-hybridized carbons (Fsp3) is 0.966. The normalized spacial score (nSPS) is 61.6. The van der Waals surface area contributed by atoms with Gasteiger partial charge in [-0.05, 0) is 80.0 Å². The van der Waals surface area contributed by atoms with Gasteiger partial charge in [-0.3, -0.25) is 4.79 Å². The number of fused-ring (bicyclic) bond motifs is 6. The Morgan fingerprint density at radius 1 is 0.971 bits per heavy atom. The summed E-state index contributed by atoms with van der Waals surface area (Å²) in [6.07, 6.45) is 11.1. The van der Waals surface area contributed by atoms with E-state index in [1.807, 2.05) is 0 Å². The molecule has 0 amide bonds. The summed E-state index contributed by atoms with van der Waals surface area (Å²) in [7, 11) is 0. The minimum atomic E-state index is -0.324. The molecule has 7 fully saturated rings. The molecule has 7 aliphatic rings. The summed E-state index contributed by atoms with van der Waals surface area (Å²) in [6, 6.07) is 0. The molecule has 0 unspecified atom stereocenters. The van der Waals surface area contributed by atoms with E-state index in [4.69, 9.17) is 18.9 Å². The first-order valence-corrected chi connectivity index (χ1v) is 14.3. The molecule has 190 valence electrons. The van der Waals surface area contributed by atoms with Gasteiger partial charge in [0.25, 0.3) is 0 Å². The van der Waals surface area contributed by atoms with E-state index in [1.165, 1.54) is 32.1 Å². The highest BCUT2D eigenvalue weighted by molar-refractivity contribution is 5.66. The lowest BCUT2D eigenvalue weighted by atomic mass is 9.44. The molecule has 0 aromatic carbocycles. The number of carbonyl (C=O) groups is 1. The van der Waals surface area contributed by atoms with Gasteiger partial charge in [-0.25, -0.2) is 0 Å². The van der Waals surface area contributed by atoms with Gasteiger partial charge >= 0.3 is 5.97 Å². The van der Waals surface area contributed by atoms with E-state index in [9.17, 15) is 4.79 Å². The van der Waals surface area contributed by atoms with Crippen molar-refractivity contribution in [3.63, 3.8) is 0 Å². The van der Waals surface area contributed by atoms with Crippen LogP contribution < -0.4 is 0 Å². The van der Waals surface area contributed by atoms with Crippen LogP contribution in [0.25, 0.3) is 0 Å². The molecular weight excluding hydrogens is 428 g/mol. The molecule has 0 aromatic heterocycles. The number of esters is 1. The van der Waals surface area contributed by atoms with Crippen molar-refractivity contribution in [1.29, 1.82) is 0 Å². The van der Waals surface area contributed by atoms with Gasteiger partial charge in [0.05, 0.1) is 18.8 Å². The third kappa shape index (κ3) is 2.70. The Morgan fingerprint density at radius 3 is 2.53 bits per heavy atom. The van der Waals surface area contributed by atoms with Crippen LogP contribution in [0.15, 0.2) is 0 Å². The van der Waals surface area contributed by atoms with E-state index in [-0.39, 0.29) is 28.9 Å². The number of epoxide rings is 1. The van der Waals surface area contributed by atoms with Crippen LogP contribution in [0.3, 0.4) is 0 Å². The SMILES string of the molecule is CC(=O)O[C@H]1CC[C@]2(C)[C@H]3CC[C@]4(C)[C@@H]5[C@H](C[C@H]4[C@@H]3C[C@H]3O[C@]32C1)O[C@]1(CC[C@@H](C)CO1)[C@H]5C. The van der Waals surface area contributed by atoms with Crippen LogP contribution in [0, 0.1) is 46.3 Å². The summed E-state index contributed by atoms with van der Waals surface area (Å²) in [5, 5.41) is 0. The molecule has 0 aromatic rings. The lowest BCUT2D eigenvalue weighted by molar-refractivity contribution is -0.273. The van der Waals surface area contributed by atoms with E-state index < -0.39 is 0 Å². The van der Waals surface area contributed by atoms with Gasteiger partial charge in [0.1, 0.15) is 11.7 Å². The maximum Gasteiger partial charge on any atom is 0.302 e. The topological polar surface area (TPSA) is 57.3 Å². The Kier molecular flexibility index (Phi) is 4.65. The fourth-order valence-electron chi connectivity index (χ4n) is 11.0. The first kappa shape index (κ1) is 22.5. The minimum absolute atomic E-state index is 0.0375. The van der Waals surface area contributed by atoms with Gasteiger partial charge in [-0.15, -0.1) is 0 Å². The van der Waals surface area contributed by atoms with Crippen LogP contribution in [-0.4, -0.2) is 42.3 Å². The Balaban J connectivity index is 1.14. The lowest BCUT2D eigenvalue weighted by Crippen LogP contribution is -2.59. The molecule has 3 saturated heterocycles. The quantitative estimate of drug-likeness (QED) is 0.373. The molecule has 7 rings (SSSR count). The van der Waals surface area contributed by atoms with Crippen LogP contribution >= 0.6 is 0 Å². The van der Waals surface area contributed by atoms with Gasteiger partial charge in [-0.1, -0.05) is 27.7 Å². The van der Waals surface area contributed by atoms with Gasteiger partial charge in [0.2, 0.25) is 0 Å². The fourth-order valence-corrected chi connectivity index (χ4v) is 11.0. The van der Waals surface area contributed by atoms with Crippen LogP contribution in [0.4, 0.5) is 0 Å². The molecule has 4 saturated carbocycles. The van der Waals surface area contributed by atoms with Crippen LogP contribution in [-0.2, 0) is 23.7 Å². The molecule has 13 atom stereocenters. The first-order valence-electron chi connectivity index (χ1n) is 14.3. The second-order valence-corrected chi connectivity index (χ2v) is 14.0. The van der Waals surface area contributed by atoms with E-state index >= 15 is 0 Å². The summed E-state index contributed by atoms with van der Waals surface area (Å²) < 4.78 is 25.7. The number of ether oxygens (including phenoxy) is 4. The molecule has 4 aliphatic carbocycles. The maximum absolute atomic E-state index is 11.6. The average Bonchev–Trinajstić information content (AvgIpc) is 3.30. The molecule has 0 radical (unpaired) electrons. The number of hydrogen-bond donors (Lipinski definition) is 0. The second kappa shape index (κ2) is 7.01. The molecule has 0 bridgehead atoms. The smallest absolute Gasteiger partial charge is 0.302 e. The summed E-state index contributed by atoms with van der Waals surface area (Å²) in [5.41, 5.74) is 0.517. The number of hydrogen-bond acceptors (Lipinski definition) is 5. The van der Waals surface area contributed by atoms with E-state index in [0.29, 0.717) is 35.4 Å². The second-order valence-electron chi connectivity index (χ2n) is 14.0. The van der Waals surface area contributed by atoms with Crippen molar-refractivity contribution in [3.8, 4) is 0 Å². The average molecular weight is 473 g/mol. The molecule has 5 heteroatoms. The van der Waals surface area contributed by atoms with Crippen molar-refractivity contribution in [3.05, 3.63) is 0 Å². The highest BCUT2D eigenvalue weighted by Gasteiger charge is 2.77. The van der Waals surface area contributed by atoms with Crippen molar-refractivity contribution in [1.82, 2.24) is 0 Å². The van der Waals surface area contributed by atoms with Gasteiger partial charge in [-0.2, -0.15) is 0 Å². The van der Waals surface area contributed by atoms with Gasteiger partial charge < -0.3 is 18.9 Å². The Bertz CT molecular complexity index is 880. The molecule has 2 spiro atoms. The Hall–Kier alpha value is -0.650. The zero-order valence-corrected chi connectivity index (χ0v) is 21.8. The molecule has 0 N–H and O–H groups in total. The maximum atomic E-state index is 11.6. The number of carbonyl (C=O) groups excluding carboxylic acids is 1. The lowest BCUT2D eigenvalue weighted by Gasteiger charge is -2.59. The highest BCUT2D eigenvalue weighted by atomic mass is 16.7. The summed E-state index contributed by atoms with van der Waals surface area (Å²) in [5.74, 6) is 3.46. The van der Waals surface area contributed by atoms with E-state index in [1.54, 1.807) is 6.92 Å². The van der Waals surface area contributed by atoms with Crippen molar-refractivity contribution >= 4 is 5.97 Å². The molecule has 34 heavy (non-hydrogen) atoms. The van der Waals surface area contributed by atoms with Gasteiger partial charge in [0.15, 0.2) is 5.79 Å². The zero-order chi connectivity index (χ0) is 23.7. The molecule has 3 aliphatic heterocycles. The van der Waals surface area contributed by atoms with Gasteiger partial charge in [0, 0.05) is 31.1 Å². The largest absolute Gasteiger partial charge is 0.462 e. The van der Waals surface area contributed by atoms with Crippen LogP contribution in [0.5, 0.6) is 0 Å². The summed E-state index contributed by atoms with van der Waals surface area (Å²) in [4.78, 5) is 11.6. The third-order valence-electron chi connectivity index (χ3n) is 12.6. The number of rotatable bonds is 1. The molecule has 5 nitrogen and oxygen atoms in total. The van der Waals surface area contributed by atoms with Crippen molar-refractivity contribution < 1.29 is 23.7 Å². The van der Waals surface area contributed by atoms with Crippen LogP contribution in [0.1, 0.15) is 92.4 Å². The third-order valence-corrected chi connectivity index (χ3v) is 12.6. The Morgan fingerprint density at radius 2 is 1.79 bits per heavy atom. The van der Waals surface area contributed by atoms with E-state index in [2.05, 4.69) is 27.7 Å². The standard InChI is InChI=1S/C29H44O5/c1-16-6-11-29(31-15-16)17(2)25-23(33-29)13-22-20-12-24-28(34-24)14-19(32-18(3)30)7-10-27(28,5)21(20)8-9-26(22,25)4/h16-17,19-25H,6-15H2,1-5H3/t16-,17+,19+,20-,21+,22+,23+,24-,25+,26+,27-,28-,29-/m1/s1.